The van der Waals surface area contributed by atoms with Crippen molar-refractivity contribution in [3.63, 3.8) is 0 Å². The molecule has 2 unspecified atom stereocenters. The van der Waals surface area contributed by atoms with Crippen molar-refractivity contribution in [2.24, 2.45) is 5.92 Å². The molecule has 0 aromatic heterocycles. The van der Waals surface area contributed by atoms with E-state index in [0.29, 0.717) is 0 Å². The minimum absolute atomic E-state index is 0.145. The molecule has 0 saturated heterocycles. The van der Waals surface area contributed by atoms with Gasteiger partial charge in [-0.05, 0) is 45.3 Å². The lowest BCUT2D eigenvalue weighted by Crippen LogP contribution is -2.69. The average Bonchev–Trinajstić information content (AvgIpc) is 2.27. The first kappa shape index (κ1) is 16.4. The summed E-state index contributed by atoms with van der Waals surface area (Å²) in [5, 5.41) is 11.4. The van der Waals surface area contributed by atoms with E-state index in [1.165, 1.54) is 0 Å². The van der Waals surface area contributed by atoms with Gasteiger partial charge in [-0.15, -0.1) is 0 Å². The molecule has 0 spiro atoms. The molecule has 1 aromatic carbocycles. The number of rotatable bonds is 4. The molecule has 0 radical (unpaired) electrons. The van der Waals surface area contributed by atoms with Crippen molar-refractivity contribution in [1.29, 1.82) is 0 Å². The summed E-state index contributed by atoms with van der Waals surface area (Å²) >= 11 is 0. The molecular weight excluding hydrogens is 252 g/mol. The van der Waals surface area contributed by atoms with Gasteiger partial charge in [0.2, 0.25) is 0 Å². The highest BCUT2D eigenvalue weighted by molar-refractivity contribution is 6.88. The Morgan fingerprint density at radius 2 is 1.53 bits per heavy atom. The number of aliphatic hydroxyl groups is 1. The second-order valence-electron chi connectivity index (χ2n) is 6.92. The van der Waals surface area contributed by atoms with Gasteiger partial charge in [-0.1, -0.05) is 44.2 Å². The molecule has 0 aliphatic carbocycles. The number of benzene rings is 1. The van der Waals surface area contributed by atoms with Crippen LogP contribution in [0, 0.1) is 5.92 Å². The standard InChI is InChI=1S/C16H28O2Si/c1-13(2)16(6,17)19(7,18-15(3,4)5)14-11-9-8-10-12-14/h8-13,17H,1-7H3. The fraction of sp³-hybridized carbons (Fsp3) is 0.625. The molecule has 0 fully saturated rings. The van der Waals surface area contributed by atoms with E-state index in [0.717, 1.165) is 5.19 Å². The van der Waals surface area contributed by atoms with Crippen LogP contribution >= 0.6 is 0 Å². The highest BCUT2D eigenvalue weighted by Gasteiger charge is 2.52. The average molecular weight is 280 g/mol. The van der Waals surface area contributed by atoms with Crippen LogP contribution in [0.1, 0.15) is 41.5 Å². The molecule has 0 heterocycles. The number of hydrogen-bond donors (Lipinski definition) is 1. The molecule has 1 aromatic rings. The van der Waals surface area contributed by atoms with E-state index in [2.05, 4.69) is 53.3 Å². The molecule has 19 heavy (non-hydrogen) atoms. The van der Waals surface area contributed by atoms with Crippen LogP contribution in [-0.4, -0.2) is 24.2 Å². The van der Waals surface area contributed by atoms with Crippen molar-refractivity contribution >= 4 is 13.5 Å². The zero-order chi connectivity index (χ0) is 14.9. The zero-order valence-corrected chi connectivity index (χ0v) is 14.3. The molecule has 2 nitrogen and oxygen atoms in total. The molecule has 1 rings (SSSR count). The maximum Gasteiger partial charge on any atom is 0.252 e. The minimum Gasteiger partial charge on any atom is -0.405 e. The summed E-state index contributed by atoms with van der Waals surface area (Å²) in [4.78, 5) is 0. The molecule has 2 atom stereocenters. The Kier molecular flexibility index (Phi) is 4.65. The quantitative estimate of drug-likeness (QED) is 0.858. The third kappa shape index (κ3) is 3.47. The van der Waals surface area contributed by atoms with Crippen molar-refractivity contribution in [2.45, 2.75) is 58.9 Å². The summed E-state index contributed by atoms with van der Waals surface area (Å²) in [5.41, 5.74) is -0.268. The summed E-state index contributed by atoms with van der Waals surface area (Å²) in [7, 11) is -2.50. The Balaban J connectivity index is 3.34. The van der Waals surface area contributed by atoms with Crippen LogP contribution in [0.2, 0.25) is 6.55 Å². The van der Waals surface area contributed by atoms with Gasteiger partial charge < -0.3 is 9.53 Å². The highest BCUT2D eigenvalue weighted by atomic mass is 28.4. The molecule has 108 valence electrons. The molecule has 0 saturated carbocycles. The fourth-order valence-electron chi connectivity index (χ4n) is 2.37. The SMILES string of the molecule is CC(C)C(C)(O)[Si](C)(OC(C)(C)C)c1ccccc1. The maximum atomic E-state index is 11.1. The van der Waals surface area contributed by atoms with Gasteiger partial charge >= 0.3 is 0 Å². The van der Waals surface area contributed by atoms with E-state index in [-0.39, 0.29) is 11.5 Å². The highest BCUT2D eigenvalue weighted by Crippen LogP contribution is 2.32. The van der Waals surface area contributed by atoms with Gasteiger partial charge in [-0.25, -0.2) is 0 Å². The van der Waals surface area contributed by atoms with Gasteiger partial charge in [0.1, 0.15) is 0 Å². The summed E-state index contributed by atoms with van der Waals surface area (Å²) < 4.78 is 6.43. The van der Waals surface area contributed by atoms with Gasteiger partial charge in [-0.3, -0.25) is 0 Å². The van der Waals surface area contributed by atoms with Crippen molar-refractivity contribution in [2.75, 3.05) is 0 Å². The van der Waals surface area contributed by atoms with Gasteiger partial charge in [0.15, 0.2) is 0 Å². The lowest BCUT2D eigenvalue weighted by molar-refractivity contribution is 0.0314. The molecule has 0 bridgehead atoms. The van der Waals surface area contributed by atoms with Crippen molar-refractivity contribution in [3.8, 4) is 0 Å². The van der Waals surface area contributed by atoms with Crippen molar-refractivity contribution in [1.82, 2.24) is 0 Å². The first-order valence-corrected chi connectivity index (χ1v) is 9.39. The monoisotopic (exact) mass is 280 g/mol. The normalized spacial score (nSPS) is 19.0. The van der Waals surface area contributed by atoms with Crippen LogP contribution in [0.5, 0.6) is 0 Å². The van der Waals surface area contributed by atoms with Gasteiger partial charge in [0.05, 0.1) is 5.22 Å². The van der Waals surface area contributed by atoms with E-state index < -0.39 is 13.5 Å². The zero-order valence-electron chi connectivity index (χ0n) is 13.3. The van der Waals surface area contributed by atoms with Crippen LogP contribution in [0.3, 0.4) is 0 Å². The molecule has 0 amide bonds. The van der Waals surface area contributed by atoms with Crippen LogP contribution in [0.25, 0.3) is 0 Å². The Bertz CT molecular complexity index is 407. The van der Waals surface area contributed by atoms with E-state index in [4.69, 9.17) is 4.43 Å². The van der Waals surface area contributed by atoms with E-state index in [1.807, 2.05) is 25.1 Å². The summed E-state index contributed by atoms with van der Waals surface area (Å²) in [6.45, 7) is 14.3. The first-order chi connectivity index (χ1) is 8.51. The van der Waals surface area contributed by atoms with E-state index in [9.17, 15) is 5.11 Å². The molecule has 0 aliphatic heterocycles. The molecule has 3 heteroatoms. The molecule has 1 N–H and O–H groups in total. The maximum absolute atomic E-state index is 11.1. The van der Waals surface area contributed by atoms with Crippen molar-refractivity contribution < 1.29 is 9.53 Å². The predicted octanol–water partition coefficient (Wildman–Crippen LogP) is 3.23. The van der Waals surface area contributed by atoms with Crippen LogP contribution in [-0.2, 0) is 4.43 Å². The lowest BCUT2D eigenvalue weighted by Gasteiger charge is -2.46. The van der Waals surface area contributed by atoms with Gasteiger partial charge in [-0.2, -0.15) is 0 Å². The van der Waals surface area contributed by atoms with Crippen LogP contribution < -0.4 is 5.19 Å². The predicted molar refractivity (Wildman–Crippen MR) is 84.0 cm³/mol. The summed E-state index contributed by atoms with van der Waals surface area (Å²) in [6.07, 6.45) is 0. The largest absolute Gasteiger partial charge is 0.405 e. The number of hydrogen-bond acceptors (Lipinski definition) is 2. The summed E-state index contributed by atoms with van der Waals surface area (Å²) in [6, 6.07) is 10.2. The van der Waals surface area contributed by atoms with Crippen LogP contribution in [0.4, 0.5) is 0 Å². The summed E-state index contributed by atoms with van der Waals surface area (Å²) in [5.74, 6) is 0.145. The Hall–Kier alpha value is -0.643. The first-order valence-electron chi connectivity index (χ1n) is 6.99. The fourth-order valence-corrected chi connectivity index (χ4v) is 6.44. The van der Waals surface area contributed by atoms with E-state index >= 15 is 0 Å². The van der Waals surface area contributed by atoms with Gasteiger partial charge in [0, 0.05) is 5.60 Å². The third-order valence-electron chi connectivity index (χ3n) is 3.93. The Labute approximate surface area is 118 Å². The third-order valence-corrected chi connectivity index (χ3v) is 8.89. The van der Waals surface area contributed by atoms with Crippen molar-refractivity contribution in [3.05, 3.63) is 30.3 Å². The second kappa shape index (κ2) is 5.39. The lowest BCUT2D eigenvalue weighted by atomic mass is 10.1. The van der Waals surface area contributed by atoms with E-state index in [1.54, 1.807) is 0 Å². The molecular formula is C16H28O2Si. The Morgan fingerprint density at radius 1 is 1.05 bits per heavy atom. The van der Waals surface area contributed by atoms with Gasteiger partial charge in [0.25, 0.3) is 8.32 Å². The van der Waals surface area contributed by atoms with Crippen LogP contribution in [0.15, 0.2) is 30.3 Å². The topological polar surface area (TPSA) is 29.5 Å². The smallest absolute Gasteiger partial charge is 0.252 e. The Morgan fingerprint density at radius 3 is 1.89 bits per heavy atom. The molecule has 0 aliphatic rings. The minimum atomic E-state index is -2.50. The second-order valence-corrected chi connectivity index (χ2v) is 10.8.